The Labute approximate surface area is 212 Å². The van der Waals surface area contributed by atoms with Gasteiger partial charge in [0.05, 0.1) is 6.04 Å². The van der Waals surface area contributed by atoms with Crippen LogP contribution in [0.4, 0.5) is 4.79 Å². The van der Waals surface area contributed by atoms with Crippen LogP contribution in [0.5, 0.6) is 0 Å². The number of aromatic amines is 1. The van der Waals surface area contributed by atoms with Gasteiger partial charge >= 0.3 is 6.09 Å². The van der Waals surface area contributed by atoms with Crippen molar-refractivity contribution >= 4 is 45.5 Å². The number of alkyl carbamates (subject to hydrolysis) is 1. The van der Waals surface area contributed by atoms with Crippen LogP contribution in [0.3, 0.4) is 0 Å². The predicted octanol–water partition coefficient (Wildman–Crippen LogP) is 5.49. The fraction of sp³-hybridized carbons (Fsp3) is 0.185. The summed E-state index contributed by atoms with van der Waals surface area (Å²) >= 11 is 2.26. The van der Waals surface area contributed by atoms with Crippen molar-refractivity contribution in [2.45, 2.75) is 32.0 Å². The highest BCUT2D eigenvalue weighted by Crippen LogP contribution is 2.22. The molecule has 0 saturated carbocycles. The molecule has 0 unspecified atom stereocenters. The highest BCUT2D eigenvalue weighted by molar-refractivity contribution is 14.1. The first kappa shape index (κ1) is 23.8. The molecule has 6 nitrogen and oxygen atoms in total. The summed E-state index contributed by atoms with van der Waals surface area (Å²) in [5.74, 6) is -0.270. The van der Waals surface area contributed by atoms with E-state index in [2.05, 4.69) is 38.2 Å². The quantitative estimate of drug-likeness (QED) is 0.247. The molecule has 7 heteroatoms. The lowest BCUT2D eigenvalue weighted by molar-refractivity contribution is -0.123. The Balaban J connectivity index is 1.49. The smallest absolute Gasteiger partial charge is 0.408 e. The van der Waals surface area contributed by atoms with Gasteiger partial charge in [0.1, 0.15) is 12.6 Å². The zero-order valence-corrected chi connectivity index (χ0v) is 20.9. The molecular weight excluding hydrogens is 541 g/mol. The molecule has 0 saturated heterocycles. The maximum Gasteiger partial charge on any atom is 0.408 e. The minimum atomic E-state index is -0.798. The number of ether oxygens (including phenoxy) is 1. The Morgan fingerprint density at radius 2 is 1.68 bits per heavy atom. The van der Waals surface area contributed by atoms with Crippen LogP contribution >= 0.6 is 22.6 Å². The maximum atomic E-state index is 13.3. The average molecular weight is 567 g/mol. The van der Waals surface area contributed by atoms with E-state index < -0.39 is 12.1 Å². The molecule has 4 aromatic rings. The van der Waals surface area contributed by atoms with Crippen LogP contribution in [-0.2, 0) is 22.6 Å². The summed E-state index contributed by atoms with van der Waals surface area (Å²) in [5.41, 5.74) is 3.80. The van der Waals surface area contributed by atoms with Crippen LogP contribution in [0, 0.1) is 3.57 Å². The van der Waals surface area contributed by atoms with E-state index in [1.54, 1.807) is 0 Å². The lowest BCUT2D eigenvalue weighted by Gasteiger charge is -2.21. The maximum absolute atomic E-state index is 13.3. The Morgan fingerprint density at radius 1 is 0.971 bits per heavy atom. The molecule has 0 fully saturated rings. The van der Waals surface area contributed by atoms with Crippen LogP contribution in [0.1, 0.15) is 29.7 Å². The molecule has 174 valence electrons. The lowest BCUT2D eigenvalue weighted by atomic mass is 10.0. The van der Waals surface area contributed by atoms with E-state index in [4.69, 9.17) is 4.74 Å². The van der Waals surface area contributed by atoms with Crippen molar-refractivity contribution < 1.29 is 14.3 Å². The van der Waals surface area contributed by atoms with Gasteiger partial charge in [-0.2, -0.15) is 0 Å². The summed E-state index contributed by atoms with van der Waals surface area (Å²) in [5, 5.41) is 6.82. The van der Waals surface area contributed by atoms with Gasteiger partial charge < -0.3 is 20.4 Å². The van der Waals surface area contributed by atoms with Gasteiger partial charge in [0.15, 0.2) is 0 Å². The topological polar surface area (TPSA) is 83.2 Å². The van der Waals surface area contributed by atoms with Crippen molar-refractivity contribution in [1.82, 2.24) is 15.6 Å². The lowest BCUT2D eigenvalue weighted by Crippen LogP contribution is -2.48. The van der Waals surface area contributed by atoms with Gasteiger partial charge in [0, 0.05) is 27.1 Å². The summed E-state index contributed by atoms with van der Waals surface area (Å²) in [7, 11) is 0. The summed E-state index contributed by atoms with van der Waals surface area (Å²) < 4.78 is 6.50. The van der Waals surface area contributed by atoms with Crippen molar-refractivity contribution in [2.75, 3.05) is 0 Å². The van der Waals surface area contributed by atoms with Crippen LogP contribution in [0.15, 0.2) is 85.1 Å². The minimum absolute atomic E-state index is 0.132. The molecule has 3 aromatic carbocycles. The molecule has 2 amide bonds. The molecule has 0 bridgehead atoms. The van der Waals surface area contributed by atoms with Crippen molar-refractivity contribution in [2.24, 2.45) is 0 Å². The highest BCUT2D eigenvalue weighted by Gasteiger charge is 2.25. The number of halogens is 1. The molecule has 1 heterocycles. The third kappa shape index (κ3) is 6.17. The van der Waals surface area contributed by atoms with Gasteiger partial charge in [0.2, 0.25) is 5.91 Å². The van der Waals surface area contributed by atoms with E-state index in [0.29, 0.717) is 6.42 Å². The third-order valence-corrected chi connectivity index (χ3v) is 6.30. The van der Waals surface area contributed by atoms with Gasteiger partial charge in [-0.1, -0.05) is 66.7 Å². The Hall–Kier alpha value is -3.33. The second-order valence-corrected chi connectivity index (χ2v) is 9.35. The number of hydrogen-bond acceptors (Lipinski definition) is 3. The van der Waals surface area contributed by atoms with Crippen LogP contribution in [-0.4, -0.2) is 23.0 Å². The normalized spacial score (nSPS) is 12.6. The third-order valence-electron chi connectivity index (χ3n) is 5.63. The van der Waals surface area contributed by atoms with E-state index >= 15 is 0 Å². The number of carbonyl (C=O) groups excluding carboxylic acids is 2. The number of H-pyrrole nitrogens is 1. The van der Waals surface area contributed by atoms with Crippen LogP contribution in [0.2, 0.25) is 0 Å². The van der Waals surface area contributed by atoms with Crippen LogP contribution < -0.4 is 10.6 Å². The van der Waals surface area contributed by atoms with E-state index in [-0.39, 0.29) is 18.6 Å². The summed E-state index contributed by atoms with van der Waals surface area (Å²) in [6.07, 6.45) is 1.58. The van der Waals surface area contributed by atoms with Crippen molar-refractivity contribution in [3.8, 4) is 0 Å². The largest absolute Gasteiger partial charge is 0.445 e. The molecule has 34 heavy (non-hydrogen) atoms. The SMILES string of the molecule is C[C@@H](NC(=O)[C@@H](Cc1c[nH]c2cc(I)ccc12)NC(=O)OCc1ccccc1)c1ccccc1. The van der Waals surface area contributed by atoms with Gasteiger partial charge in [-0.3, -0.25) is 4.79 Å². The molecule has 0 aliphatic rings. The summed E-state index contributed by atoms with van der Waals surface area (Å²) in [4.78, 5) is 29.1. The van der Waals surface area contributed by atoms with Crippen molar-refractivity contribution in [1.29, 1.82) is 0 Å². The first-order valence-corrected chi connectivity index (χ1v) is 12.2. The minimum Gasteiger partial charge on any atom is -0.445 e. The summed E-state index contributed by atoms with van der Waals surface area (Å²) in [6, 6.07) is 24.2. The number of aromatic nitrogens is 1. The molecule has 0 aliphatic heterocycles. The van der Waals surface area contributed by atoms with Gasteiger partial charge in [-0.25, -0.2) is 4.79 Å². The molecular formula is C27H26IN3O3. The number of amides is 2. The first-order chi connectivity index (χ1) is 16.5. The average Bonchev–Trinajstić information content (AvgIpc) is 3.25. The number of hydrogen-bond donors (Lipinski definition) is 3. The standard InChI is InChI=1S/C27H26IN3O3/c1-18(20-10-6-3-7-11-20)30-26(32)25(31-27(33)34-17-19-8-4-2-5-9-19)14-21-16-29-24-15-22(28)12-13-23(21)24/h2-13,15-16,18,25,29H,14,17H2,1H3,(H,30,32)(H,31,33)/t18-,25-/m1/s1. The van der Waals surface area contributed by atoms with Crippen LogP contribution in [0.25, 0.3) is 10.9 Å². The molecule has 0 radical (unpaired) electrons. The van der Waals surface area contributed by atoms with Gasteiger partial charge in [-0.05, 0) is 58.3 Å². The zero-order valence-electron chi connectivity index (χ0n) is 18.8. The second kappa shape index (κ2) is 11.2. The molecule has 0 aliphatic carbocycles. The molecule has 4 rings (SSSR count). The molecule has 1 aromatic heterocycles. The van der Waals surface area contributed by atoms with E-state index in [0.717, 1.165) is 31.2 Å². The fourth-order valence-electron chi connectivity index (χ4n) is 3.80. The number of carbonyl (C=O) groups is 2. The van der Waals surface area contributed by atoms with Gasteiger partial charge in [0.25, 0.3) is 0 Å². The second-order valence-electron chi connectivity index (χ2n) is 8.11. The fourth-order valence-corrected chi connectivity index (χ4v) is 4.29. The number of nitrogens with one attached hydrogen (secondary N) is 3. The van der Waals surface area contributed by atoms with Crippen molar-refractivity contribution in [3.05, 3.63) is 105 Å². The number of rotatable bonds is 8. The predicted molar refractivity (Wildman–Crippen MR) is 141 cm³/mol. The first-order valence-electron chi connectivity index (χ1n) is 11.1. The zero-order chi connectivity index (χ0) is 23.9. The Kier molecular flexibility index (Phi) is 7.84. The van der Waals surface area contributed by atoms with E-state index in [1.807, 2.05) is 92.0 Å². The highest BCUT2D eigenvalue weighted by atomic mass is 127. The molecule has 2 atom stereocenters. The Morgan fingerprint density at radius 3 is 2.41 bits per heavy atom. The van der Waals surface area contributed by atoms with E-state index in [1.165, 1.54) is 0 Å². The number of fused-ring (bicyclic) bond motifs is 1. The summed E-state index contributed by atoms with van der Waals surface area (Å²) in [6.45, 7) is 2.05. The number of benzene rings is 3. The monoisotopic (exact) mass is 567 g/mol. The Bertz CT molecular complexity index is 1260. The van der Waals surface area contributed by atoms with E-state index in [9.17, 15) is 9.59 Å². The van der Waals surface area contributed by atoms with Crippen molar-refractivity contribution in [3.63, 3.8) is 0 Å². The molecule has 3 N–H and O–H groups in total. The van der Waals surface area contributed by atoms with Gasteiger partial charge in [-0.15, -0.1) is 0 Å². The molecule has 0 spiro atoms.